The average molecular weight is 588 g/mol. The molecule has 0 aromatic rings. The molecule has 0 aromatic heterocycles. The molecule has 0 amide bonds. The number of carbonyl (C=O) groups is 1. The van der Waals surface area contributed by atoms with Gasteiger partial charge in [-0.25, -0.2) is 0 Å². The van der Waals surface area contributed by atoms with E-state index in [1.54, 1.807) is 0 Å². The number of carbonyl (C=O) groups excluding carboxylic acids is 1. The largest absolute Gasteiger partial charge is 0.459 e. The Kier molecular flexibility index (Phi) is 7.58. The van der Waals surface area contributed by atoms with E-state index < -0.39 is 6.10 Å². The molecule has 149 valence electrons. The van der Waals surface area contributed by atoms with Crippen molar-refractivity contribution in [2.75, 3.05) is 0 Å². The molecule has 7 atom stereocenters. The third-order valence-electron chi connectivity index (χ3n) is 7.94. The van der Waals surface area contributed by atoms with Gasteiger partial charge in [-0.05, 0) is 88.4 Å². The Balaban J connectivity index is 0.00000210. The van der Waals surface area contributed by atoms with Gasteiger partial charge in [-0.2, -0.15) is 0 Å². The van der Waals surface area contributed by atoms with Crippen LogP contribution in [-0.4, -0.2) is 22.8 Å². The van der Waals surface area contributed by atoms with Crippen LogP contribution in [0.4, 0.5) is 0 Å². The molecule has 0 aliphatic heterocycles. The number of aliphatic hydroxyl groups is 1. The molecule has 4 heteroatoms. The molecule has 27 heavy (non-hydrogen) atoms. The molecule has 4 aliphatic carbocycles. The minimum Gasteiger partial charge on any atom is -0.459 e. The fourth-order valence-electron chi connectivity index (χ4n) is 6.64. The third kappa shape index (κ3) is 5.21. The smallest absolute Gasteiger partial charge is 0.308 e. The minimum absolute atomic E-state index is 0. The summed E-state index contributed by atoms with van der Waals surface area (Å²) in [5, 5.41) is 10.3. The summed E-state index contributed by atoms with van der Waals surface area (Å²) in [6, 6.07) is 0. The second-order valence-corrected chi connectivity index (χ2v) is 10.2. The summed E-state index contributed by atoms with van der Waals surface area (Å²) in [6.45, 7) is 4.15. The van der Waals surface area contributed by atoms with Gasteiger partial charge in [0.1, 0.15) is 5.60 Å². The minimum atomic E-state index is -0.549. The molecule has 0 heterocycles. The van der Waals surface area contributed by atoms with Crippen molar-refractivity contribution in [3.63, 3.8) is 0 Å². The summed E-state index contributed by atoms with van der Waals surface area (Å²) < 4.78 is 5.86. The maximum atomic E-state index is 12.4. The first kappa shape index (κ1) is 22.3. The van der Waals surface area contributed by atoms with E-state index in [0.717, 1.165) is 42.4 Å². The summed E-state index contributed by atoms with van der Waals surface area (Å²) in [4.78, 5) is 12.4. The Bertz CT molecular complexity index is 558. The van der Waals surface area contributed by atoms with Crippen LogP contribution >= 0.6 is 0 Å². The molecule has 1 radical (unpaired) electrons. The van der Waals surface area contributed by atoms with Gasteiger partial charge in [0.25, 0.3) is 0 Å². The van der Waals surface area contributed by atoms with E-state index in [1.165, 1.54) is 44.9 Å². The molecule has 4 aliphatic rings. The second kappa shape index (κ2) is 9.18. The predicted octanol–water partition coefficient (Wildman–Crippen LogP) is 4.88. The second-order valence-electron chi connectivity index (χ2n) is 10.2. The Morgan fingerprint density at radius 3 is 2.59 bits per heavy atom. The Morgan fingerprint density at radius 1 is 1.19 bits per heavy atom. The predicted molar refractivity (Wildman–Crippen MR) is 102 cm³/mol. The molecule has 0 saturated heterocycles. The van der Waals surface area contributed by atoms with Crippen LogP contribution < -0.4 is 0 Å². The van der Waals surface area contributed by atoms with Crippen molar-refractivity contribution in [1.82, 2.24) is 0 Å². The van der Waals surface area contributed by atoms with Crippen molar-refractivity contribution < 1.29 is 58.7 Å². The maximum Gasteiger partial charge on any atom is 0.308 e. The SMILES string of the molecule is CC(C)(OC(=O)CC(O)CCCC1CC2C=CC1C2)C1CC2CCC1C2.[Ac]. The van der Waals surface area contributed by atoms with Crippen molar-refractivity contribution in [2.24, 2.45) is 35.5 Å². The van der Waals surface area contributed by atoms with Crippen molar-refractivity contribution >= 4 is 5.97 Å². The number of hydrogen-bond donors (Lipinski definition) is 1. The van der Waals surface area contributed by atoms with Gasteiger partial charge in [-0.15, -0.1) is 0 Å². The molecule has 3 saturated carbocycles. The molecule has 3 fully saturated rings. The van der Waals surface area contributed by atoms with Crippen LogP contribution in [0.1, 0.15) is 78.1 Å². The van der Waals surface area contributed by atoms with E-state index in [4.69, 9.17) is 4.74 Å². The van der Waals surface area contributed by atoms with Gasteiger partial charge in [0, 0.05) is 50.0 Å². The first-order valence-corrected chi connectivity index (χ1v) is 11.0. The maximum absolute atomic E-state index is 12.4. The monoisotopic (exact) mass is 587 g/mol. The van der Waals surface area contributed by atoms with Gasteiger partial charge in [0.05, 0.1) is 12.5 Å². The van der Waals surface area contributed by atoms with E-state index in [9.17, 15) is 9.90 Å². The van der Waals surface area contributed by atoms with E-state index in [1.807, 2.05) is 0 Å². The topological polar surface area (TPSA) is 46.5 Å². The Morgan fingerprint density at radius 2 is 2.00 bits per heavy atom. The van der Waals surface area contributed by atoms with Crippen molar-refractivity contribution in [1.29, 1.82) is 0 Å². The van der Waals surface area contributed by atoms with Crippen molar-refractivity contribution in [2.45, 2.75) is 89.8 Å². The van der Waals surface area contributed by atoms with E-state index in [-0.39, 0.29) is 62.1 Å². The van der Waals surface area contributed by atoms with Gasteiger partial charge in [0.15, 0.2) is 0 Å². The van der Waals surface area contributed by atoms with Crippen LogP contribution in [-0.2, 0) is 9.53 Å². The number of rotatable bonds is 8. The van der Waals surface area contributed by atoms with E-state index in [2.05, 4.69) is 26.0 Å². The molecule has 3 nitrogen and oxygen atoms in total. The van der Waals surface area contributed by atoms with Gasteiger partial charge < -0.3 is 9.84 Å². The van der Waals surface area contributed by atoms with Crippen LogP contribution in [0.25, 0.3) is 0 Å². The Labute approximate surface area is 200 Å². The first-order chi connectivity index (χ1) is 12.4. The normalized spacial score (nSPS) is 37.4. The summed E-state index contributed by atoms with van der Waals surface area (Å²) in [5.41, 5.74) is -0.383. The molecule has 7 unspecified atom stereocenters. The van der Waals surface area contributed by atoms with Crippen LogP contribution in [0.2, 0.25) is 0 Å². The number of aliphatic hydroxyl groups excluding tert-OH is 1. The molecule has 0 spiro atoms. The van der Waals surface area contributed by atoms with Crippen LogP contribution in [0.15, 0.2) is 12.2 Å². The fourth-order valence-corrected chi connectivity index (χ4v) is 6.64. The zero-order chi connectivity index (χ0) is 18.3. The summed E-state index contributed by atoms with van der Waals surface area (Å²) in [5.74, 6) is 4.29. The number of allylic oxidation sites excluding steroid dienone is 2. The van der Waals surface area contributed by atoms with E-state index >= 15 is 0 Å². The van der Waals surface area contributed by atoms with Crippen LogP contribution in [0.5, 0.6) is 0 Å². The average Bonchev–Trinajstić information content (AvgIpc) is 3.35. The van der Waals surface area contributed by atoms with E-state index in [0.29, 0.717) is 5.92 Å². The standard InChI is InChI=1S/C23H36O3.Ac/c1-23(2,21-13-16-7-9-19(21)12-16)26-22(25)14-20(24)5-3-4-17-10-15-6-8-18(17)11-15;/h6,8,15-21,24H,3-5,7,9-14H2,1-2H3;. The summed E-state index contributed by atoms with van der Waals surface area (Å²) in [6.07, 6.45) is 15.2. The molecule has 1 N–H and O–H groups in total. The zero-order valence-corrected chi connectivity index (χ0v) is 21.9. The number of fused-ring (bicyclic) bond motifs is 4. The molecule has 0 aromatic carbocycles. The summed E-state index contributed by atoms with van der Waals surface area (Å²) >= 11 is 0. The number of esters is 1. The molecule has 4 bridgehead atoms. The number of ether oxygens (including phenoxy) is 1. The third-order valence-corrected chi connectivity index (χ3v) is 7.94. The Hall–Kier alpha value is 0.612. The quantitative estimate of drug-likeness (QED) is 0.326. The van der Waals surface area contributed by atoms with Gasteiger partial charge in [-0.1, -0.05) is 25.0 Å². The van der Waals surface area contributed by atoms with Crippen LogP contribution in [0, 0.1) is 79.6 Å². The van der Waals surface area contributed by atoms with Crippen LogP contribution in [0.3, 0.4) is 0 Å². The zero-order valence-electron chi connectivity index (χ0n) is 17.1. The fraction of sp³-hybridized carbons (Fsp3) is 0.870. The van der Waals surface area contributed by atoms with Gasteiger partial charge in [-0.3, -0.25) is 4.79 Å². The molecular weight excluding hydrogens is 551 g/mol. The van der Waals surface area contributed by atoms with Gasteiger partial charge in [0.2, 0.25) is 0 Å². The molecule has 4 rings (SSSR count). The first-order valence-electron chi connectivity index (χ1n) is 11.0. The molecular formula is C23H36AcO3. The van der Waals surface area contributed by atoms with Crippen molar-refractivity contribution in [3.8, 4) is 0 Å². The van der Waals surface area contributed by atoms with Gasteiger partial charge >= 0.3 is 5.97 Å². The van der Waals surface area contributed by atoms with Crippen molar-refractivity contribution in [3.05, 3.63) is 12.2 Å². The number of hydrogen-bond acceptors (Lipinski definition) is 3. The summed E-state index contributed by atoms with van der Waals surface area (Å²) in [7, 11) is 0.